The monoisotopic (exact) mass is 572 g/mol. The highest BCUT2D eigenvalue weighted by molar-refractivity contribution is 6.00. The van der Waals surface area contributed by atoms with Gasteiger partial charge in [0, 0.05) is 6.54 Å². The Bertz CT molecular complexity index is 1350. The Morgan fingerprint density at radius 3 is 2.29 bits per heavy atom. The zero-order valence-electron chi connectivity index (χ0n) is 24.7. The van der Waals surface area contributed by atoms with Gasteiger partial charge in [0.15, 0.2) is 0 Å². The number of esters is 1. The maximum absolute atomic E-state index is 14.4. The summed E-state index contributed by atoms with van der Waals surface area (Å²) in [6.45, 7) is 6.06. The number of aryl methyl sites for hydroxylation is 1. The van der Waals surface area contributed by atoms with Crippen LogP contribution in [0.2, 0.25) is 0 Å². The lowest BCUT2D eigenvalue weighted by molar-refractivity contribution is -0.170. The van der Waals surface area contributed by atoms with Crippen LogP contribution in [0, 0.1) is 5.92 Å². The Hall–Kier alpha value is -3.91. The quantitative estimate of drug-likeness (QED) is 0.228. The van der Waals surface area contributed by atoms with Crippen molar-refractivity contribution in [1.29, 1.82) is 0 Å². The van der Waals surface area contributed by atoms with Gasteiger partial charge in [-0.2, -0.15) is 0 Å². The first-order valence-corrected chi connectivity index (χ1v) is 14.7. The molecule has 2 aliphatic rings. The summed E-state index contributed by atoms with van der Waals surface area (Å²) < 4.78 is 17.8. The van der Waals surface area contributed by atoms with Crippen molar-refractivity contribution in [3.8, 4) is 0 Å². The maximum atomic E-state index is 14.4. The molecule has 2 fully saturated rings. The van der Waals surface area contributed by atoms with Crippen molar-refractivity contribution in [1.82, 2.24) is 9.80 Å². The molecule has 0 spiro atoms. The van der Waals surface area contributed by atoms with E-state index in [0.717, 1.165) is 24.8 Å². The van der Waals surface area contributed by atoms with Crippen LogP contribution in [0.3, 0.4) is 0 Å². The van der Waals surface area contributed by atoms with Crippen LogP contribution in [0.15, 0.2) is 83.5 Å². The number of amides is 2. The molecule has 3 aromatic rings. The molecular weight excluding hydrogens is 532 g/mol. The molecule has 0 radical (unpaired) electrons. The van der Waals surface area contributed by atoms with Gasteiger partial charge < -0.3 is 23.7 Å². The molecule has 1 aromatic heterocycles. The zero-order chi connectivity index (χ0) is 29.7. The second-order valence-electron chi connectivity index (χ2n) is 12.2. The smallest absolute Gasteiger partial charge is 0.312 e. The molecule has 0 bridgehead atoms. The molecule has 2 aliphatic heterocycles. The normalized spacial score (nSPS) is 22.4. The van der Waals surface area contributed by atoms with Crippen molar-refractivity contribution >= 4 is 17.8 Å². The number of carbonyl (C=O) groups excluding carboxylic acids is 3. The number of hydrogen-bond donors (Lipinski definition) is 0. The predicted octanol–water partition coefficient (Wildman–Crippen LogP) is 5.33. The number of benzene rings is 2. The molecule has 2 unspecified atom stereocenters. The molecular formula is C34H40N2O6. The van der Waals surface area contributed by atoms with Gasteiger partial charge in [0.25, 0.3) is 5.91 Å². The molecule has 0 N–H and O–H groups in total. The summed E-state index contributed by atoms with van der Waals surface area (Å²) in [6, 6.07) is 22.6. The van der Waals surface area contributed by atoms with Crippen LogP contribution in [0.4, 0.5) is 0 Å². The molecule has 2 saturated heterocycles. The van der Waals surface area contributed by atoms with Gasteiger partial charge in [-0.15, -0.1) is 0 Å². The summed E-state index contributed by atoms with van der Waals surface area (Å²) in [4.78, 5) is 45.2. The Morgan fingerprint density at radius 2 is 1.64 bits per heavy atom. The molecule has 3 atom stereocenters. The standard InChI is InChI=1S/C34H40N2O6/c1-33(2,3)42-31(38)27-21-34(24-40-23-26-16-8-5-9-17-26)32(39)35(19-11-10-15-25-13-6-4-7-14-25)22-29(37)36(34)30(27)28-18-12-20-41-28/h4-9,12-14,16-18,20,27,30H,10-11,15,19,21-24H2,1-3H3/t27?,30?,34-/m0/s1. The molecule has 0 aliphatic carbocycles. The average Bonchev–Trinajstić information content (AvgIpc) is 3.61. The Morgan fingerprint density at radius 1 is 0.952 bits per heavy atom. The minimum atomic E-state index is -1.36. The summed E-state index contributed by atoms with van der Waals surface area (Å²) in [7, 11) is 0. The lowest BCUT2D eigenvalue weighted by Crippen LogP contribution is -2.67. The first-order valence-electron chi connectivity index (χ1n) is 14.7. The van der Waals surface area contributed by atoms with E-state index >= 15 is 0 Å². The molecule has 8 heteroatoms. The van der Waals surface area contributed by atoms with Gasteiger partial charge >= 0.3 is 5.97 Å². The fourth-order valence-corrected chi connectivity index (χ4v) is 6.14. The summed E-state index contributed by atoms with van der Waals surface area (Å²) >= 11 is 0. The average molecular weight is 573 g/mol. The van der Waals surface area contributed by atoms with E-state index < -0.39 is 29.1 Å². The van der Waals surface area contributed by atoms with E-state index in [-0.39, 0.29) is 38.0 Å². The summed E-state index contributed by atoms with van der Waals surface area (Å²) in [6.07, 6.45) is 4.15. The number of nitrogens with zero attached hydrogens (tertiary/aromatic N) is 2. The van der Waals surface area contributed by atoms with Crippen molar-refractivity contribution in [3.05, 3.63) is 95.9 Å². The van der Waals surface area contributed by atoms with Gasteiger partial charge in [0.05, 0.1) is 31.9 Å². The fourth-order valence-electron chi connectivity index (χ4n) is 6.14. The molecule has 2 amide bonds. The molecule has 5 rings (SSSR count). The number of piperazine rings is 1. The number of carbonyl (C=O) groups is 3. The van der Waals surface area contributed by atoms with Crippen molar-refractivity contribution in [2.45, 2.75) is 70.2 Å². The minimum Gasteiger partial charge on any atom is -0.467 e. The number of rotatable bonds is 11. The van der Waals surface area contributed by atoms with Crippen LogP contribution >= 0.6 is 0 Å². The Kier molecular flexibility index (Phi) is 8.82. The lowest BCUT2D eigenvalue weighted by atomic mass is 9.88. The minimum absolute atomic E-state index is 0.0382. The van der Waals surface area contributed by atoms with Gasteiger partial charge in [-0.3, -0.25) is 14.4 Å². The highest BCUT2D eigenvalue weighted by Crippen LogP contribution is 2.50. The van der Waals surface area contributed by atoms with Gasteiger partial charge in [0.2, 0.25) is 5.91 Å². The lowest BCUT2D eigenvalue weighted by Gasteiger charge is -2.46. The molecule has 0 saturated carbocycles. The topological polar surface area (TPSA) is 89.3 Å². The number of ether oxygens (including phenoxy) is 2. The van der Waals surface area contributed by atoms with E-state index in [2.05, 4.69) is 12.1 Å². The van der Waals surface area contributed by atoms with Crippen LogP contribution in [-0.2, 0) is 36.9 Å². The third-order valence-corrected chi connectivity index (χ3v) is 7.94. The largest absolute Gasteiger partial charge is 0.467 e. The van der Waals surface area contributed by atoms with E-state index in [1.54, 1.807) is 42.7 Å². The zero-order valence-corrected chi connectivity index (χ0v) is 24.7. The number of furan rings is 1. The molecule has 42 heavy (non-hydrogen) atoms. The summed E-state index contributed by atoms with van der Waals surface area (Å²) in [5.41, 5.74) is 0.108. The highest BCUT2D eigenvalue weighted by atomic mass is 16.6. The fraction of sp³-hybridized carbons (Fsp3) is 0.441. The van der Waals surface area contributed by atoms with Crippen molar-refractivity contribution in [2.75, 3.05) is 19.7 Å². The van der Waals surface area contributed by atoms with Gasteiger partial charge in [-0.1, -0.05) is 60.7 Å². The second-order valence-corrected chi connectivity index (χ2v) is 12.2. The number of hydrogen-bond acceptors (Lipinski definition) is 6. The van der Waals surface area contributed by atoms with Crippen LogP contribution in [0.5, 0.6) is 0 Å². The third kappa shape index (κ3) is 6.44. The highest BCUT2D eigenvalue weighted by Gasteiger charge is 2.65. The van der Waals surface area contributed by atoms with Crippen LogP contribution in [0.1, 0.15) is 63.0 Å². The molecule has 2 aromatic carbocycles. The van der Waals surface area contributed by atoms with Crippen LogP contribution in [0.25, 0.3) is 0 Å². The van der Waals surface area contributed by atoms with E-state index in [0.29, 0.717) is 12.3 Å². The second kappa shape index (κ2) is 12.5. The predicted molar refractivity (Wildman–Crippen MR) is 157 cm³/mol. The SMILES string of the molecule is CC(C)(C)OC(=O)C1C[C@]2(COCc3ccccc3)C(=O)N(CCCCc3ccccc3)CC(=O)N2C1c1ccco1. The molecule has 3 heterocycles. The first kappa shape index (κ1) is 29.6. The van der Waals surface area contributed by atoms with Gasteiger partial charge in [-0.05, 0) is 69.7 Å². The van der Waals surface area contributed by atoms with Crippen molar-refractivity contribution < 1.29 is 28.3 Å². The van der Waals surface area contributed by atoms with E-state index in [9.17, 15) is 14.4 Å². The van der Waals surface area contributed by atoms with Crippen molar-refractivity contribution in [3.63, 3.8) is 0 Å². The van der Waals surface area contributed by atoms with E-state index in [1.165, 1.54) is 11.8 Å². The summed E-state index contributed by atoms with van der Waals surface area (Å²) in [5.74, 6) is -1.23. The van der Waals surface area contributed by atoms with Crippen LogP contribution < -0.4 is 0 Å². The summed E-state index contributed by atoms with van der Waals surface area (Å²) in [5, 5.41) is 0. The Labute approximate surface area is 247 Å². The first-order chi connectivity index (χ1) is 20.2. The number of unbranched alkanes of at least 4 members (excludes halogenated alkanes) is 1. The van der Waals surface area contributed by atoms with Crippen molar-refractivity contribution in [2.24, 2.45) is 5.92 Å². The molecule has 8 nitrogen and oxygen atoms in total. The van der Waals surface area contributed by atoms with Gasteiger partial charge in [0.1, 0.15) is 22.9 Å². The Balaban J connectivity index is 1.42. The van der Waals surface area contributed by atoms with Crippen LogP contribution in [-0.4, -0.2) is 58.4 Å². The maximum Gasteiger partial charge on any atom is 0.312 e. The van der Waals surface area contributed by atoms with E-state index in [1.807, 2.05) is 48.5 Å². The van der Waals surface area contributed by atoms with Gasteiger partial charge in [-0.25, -0.2) is 0 Å². The number of fused-ring (bicyclic) bond motifs is 1. The third-order valence-electron chi connectivity index (χ3n) is 7.94. The molecule has 222 valence electrons. The van der Waals surface area contributed by atoms with E-state index in [4.69, 9.17) is 13.9 Å².